The fourth-order valence-corrected chi connectivity index (χ4v) is 2.33. The highest BCUT2D eigenvalue weighted by molar-refractivity contribution is 6.31. The van der Waals surface area contributed by atoms with Gasteiger partial charge in [0.15, 0.2) is 0 Å². The van der Waals surface area contributed by atoms with Crippen LogP contribution in [0.1, 0.15) is 36.3 Å². The van der Waals surface area contributed by atoms with Crippen LogP contribution >= 0.6 is 11.6 Å². The molecule has 1 aromatic carbocycles. The molecule has 1 aliphatic rings. The molecule has 1 saturated carbocycles. The van der Waals surface area contributed by atoms with Gasteiger partial charge in [-0.25, -0.2) is 9.18 Å². The van der Waals surface area contributed by atoms with Crippen molar-refractivity contribution < 1.29 is 13.9 Å². The summed E-state index contributed by atoms with van der Waals surface area (Å²) in [4.78, 5) is 24.2. The van der Waals surface area contributed by atoms with Crippen molar-refractivity contribution >= 4 is 28.5 Å². The zero-order valence-electron chi connectivity index (χ0n) is 11.2. The third-order valence-corrected chi connectivity index (χ3v) is 3.60. The molecule has 0 amide bonds. The molecule has 0 saturated heterocycles. The van der Waals surface area contributed by atoms with Gasteiger partial charge in [0.05, 0.1) is 28.6 Å². The molecular weight excluding hydrogens is 299 g/mol. The summed E-state index contributed by atoms with van der Waals surface area (Å²) in [6.07, 6.45) is 1.78. The predicted octanol–water partition coefficient (Wildman–Crippen LogP) is 2.70. The van der Waals surface area contributed by atoms with Gasteiger partial charge in [-0.1, -0.05) is 11.6 Å². The number of ether oxygens (including phenoxy) is 1. The van der Waals surface area contributed by atoms with Crippen LogP contribution in [0.4, 0.5) is 4.39 Å². The van der Waals surface area contributed by atoms with E-state index in [4.69, 9.17) is 16.3 Å². The monoisotopic (exact) mass is 310 g/mol. The van der Waals surface area contributed by atoms with Crippen molar-refractivity contribution in [3.05, 3.63) is 38.9 Å². The Balaban J connectivity index is 2.31. The zero-order valence-corrected chi connectivity index (χ0v) is 12.0. The summed E-state index contributed by atoms with van der Waals surface area (Å²) in [5, 5.41) is 4.10. The van der Waals surface area contributed by atoms with E-state index in [-0.39, 0.29) is 28.8 Å². The quantitative estimate of drug-likeness (QED) is 0.818. The number of hydrogen-bond acceptors (Lipinski definition) is 4. The van der Waals surface area contributed by atoms with Crippen LogP contribution in [0.3, 0.4) is 0 Å². The van der Waals surface area contributed by atoms with E-state index in [1.54, 1.807) is 11.6 Å². The third kappa shape index (κ3) is 2.40. The summed E-state index contributed by atoms with van der Waals surface area (Å²) in [5.74, 6) is -1.50. The van der Waals surface area contributed by atoms with E-state index in [9.17, 15) is 14.0 Å². The Bertz CT molecular complexity index is 799. The number of esters is 1. The number of nitrogens with zero attached hydrogens (tertiary/aromatic N) is 2. The smallest absolute Gasteiger partial charge is 0.362 e. The van der Waals surface area contributed by atoms with Crippen molar-refractivity contribution in [1.29, 1.82) is 0 Å². The maximum atomic E-state index is 13.6. The van der Waals surface area contributed by atoms with Gasteiger partial charge in [0.25, 0.3) is 0 Å². The summed E-state index contributed by atoms with van der Waals surface area (Å²) in [5.41, 5.74) is -0.532. The van der Waals surface area contributed by atoms with Gasteiger partial charge in [-0.15, -0.1) is 0 Å². The Morgan fingerprint density at radius 2 is 2.24 bits per heavy atom. The number of halogens is 2. The van der Waals surface area contributed by atoms with E-state index < -0.39 is 17.2 Å². The number of fused-ring (bicyclic) bond motifs is 1. The van der Waals surface area contributed by atoms with Crippen molar-refractivity contribution in [3.8, 4) is 0 Å². The van der Waals surface area contributed by atoms with Crippen molar-refractivity contribution in [2.75, 3.05) is 6.61 Å². The largest absolute Gasteiger partial charge is 0.461 e. The van der Waals surface area contributed by atoms with Gasteiger partial charge < -0.3 is 4.74 Å². The molecule has 0 unspecified atom stereocenters. The number of hydrogen-bond donors (Lipinski definition) is 0. The minimum atomic E-state index is -0.797. The van der Waals surface area contributed by atoms with E-state index in [2.05, 4.69) is 5.10 Å². The summed E-state index contributed by atoms with van der Waals surface area (Å²) in [7, 11) is 0. The van der Waals surface area contributed by atoms with Crippen LogP contribution in [-0.2, 0) is 4.74 Å². The molecule has 110 valence electrons. The fraction of sp³-hybridized carbons (Fsp3) is 0.357. The molecule has 5 nitrogen and oxygen atoms in total. The first kappa shape index (κ1) is 14.0. The molecule has 0 N–H and O–H groups in total. The maximum absolute atomic E-state index is 13.6. The highest BCUT2D eigenvalue weighted by Gasteiger charge is 2.29. The van der Waals surface area contributed by atoms with E-state index >= 15 is 0 Å². The van der Waals surface area contributed by atoms with Crippen LogP contribution in [0.2, 0.25) is 5.02 Å². The molecule has 0 atom stereocenters. The van der Waals surface area contributed by atoms with E-state index in [1.807, 2.05) is 0 Å². The number of rotatable bonds is 3. The summed E-state index contributed by atoms with van der Waals surface area (Å²) >= 11 is 5.78. The molecule has 0 radical (unpaired) electrons. The van der Waals surface area contributed by atoms with Gasteiger partial charge in [0, 0.05) is 0 Å². The Labute approximate surface area is 124 Å². The SMILES string of the molecule is CCOC(=O)c1nn(C2CC2)c2cc(Cl)c(F)cc2c1=O. The first-order valence-electron chi connectivity index (χ1n) is 6.61. The van der Waals surface area contributed by atoms with Gasteiger partial charge >= 0.3 is 5.97 Å². The van der Waals surface area contributed by atoms with E-state index in [1.165, 1.54) is 6.07 Å². The lowest BCUT2D eigenvalue weighted by Crippen LogP contribution is -2.24. The van der Waals surface area contributed by atoms with Crippen LogP contribution in [0, 0.1) is 5.82 Å². The standard InChI is InChI=1S/C14H12ClFN2O3/c1-2-21-14(20)12-13(19)8-5-10(16)9(15)6-11(8)18(17-12)7-3-4-7/h5-7H,2-4H2,1H3. The van der Waals surface area contributed by atoms with Gasteiger partial charge in [-0.2, -0.15) is 5.10 Å². The molecule has 1 aromatic heterocycles. The van der Waals surface area contributed by atoms with Crippen LogP contribution in [0.15, 0.2) is 16.9 Å². The van der Waals surface area contributed by atoms with Gasteiger partial charge in [-0.3, -0.25) is 9.48 Å². The summed E-state index contributed by atoms with van der Waals surface area (Å²) in [6.45, 7) is 1.77. The summed E-state index contributed by atoms with van der Waals surface area (Å²) in [6, 6.07) is 2.51. The van der Waals surface area contributed by atoms with E-state index in [0.29, 0.717) is 5.52 Å². The third-order valence-electron chi connectivity index (χ3n) is 3.31. The van der Waals surface area contributed by atoms with E-state index in [0.717, 1.165) is 18.9 Å². The zero-order chi connectivity index (χ0) is 15.1. The van der Waals surface area contributed by atoms with Crippen molar-refractivity contribution in [3.63, 3.8) is 0 Å². The molecule has 1 aliphatic carbocycles. The molecule has 0 spiro atoms. The second-order valence-corrected chi connectivity index (χ2v) is 5.26. The van der Waals surface area contributed by atoms with Crippen molar-refractivity contribution in [2.45, 2.75) is 25.8 Å². The lowest BCUT2D eigenvalue weighted by Gasteiger charge is -2.11. The van der Waals surface area contributed by atoms with Gasteiger partial charge in [0.2, 0.25) is 11.1 Å². The number of carbonyl (C=O) groups excluding carboxylic acids is 1. The molecular formula is C14H12ClFN2O3. The van der Waals surface area contributed by atoms with Crippen molar-refractivity contribution in [1.82, 2.24) is 9.78 Å². The van der Waals surface area contributed by atoms with Crippen LogP contribution in [0.25, 0.3) is 10.9 Å². The predicted molar refractivity (Wildman–Crippen MR) is 75.2 cm³/mol. The Morgan fingerprint density at radius 3 is 2.86 bits per heavy atom. The highest BCUT2D eigenvalue weighted by Crippen LogP contribution is 2.36. The van der Waals surface area contributed by atoms with Gasteiger partial charge in [0.1, 0.15) is 5.82 Å². The van der Waals surface area contributed by atoms with Crippen LogP contribution in [-0.4, -0.2) is 22.4 Å². The normalized spacial score (nSPS) is 14.4. The molecule has 2 aromatic rings. The highest BCUT2D eigenvalue weighted by atomic mass is 35.5. The van der Waals surface area contributed by atoms with Gasteiger partial charge in [-0.05, 0) is 31.9 Å². The Hall–Kier alpha value is -1.95. The first-order valence-corrected chi connectivity index (χ1v) is 6.99. The lowest BCUT2D eigenvalue weighted by molar-refractivity contribution is 0.0515. The first-order chi connectivity index (χ1) is 10.0. The fourth-order valence-electron chi connectivity index (χ4n) is 2.17. The number of benzene rings is 1. The molecule has 1 fully saturated rings. The topological polar surface area (TPSA) is 61.2 Å². The molecule has 3 rings (SSSR count). The van der Waals surface area contributed by atoms with Crippen LogP contribution < -0.4 is 5.43 Å². The van der Waals surface area contributed by atoms with Crippen molar-refractivity contribution in [2.24, 2.45) is 0 Å². The lowest BCUT2D eigenvalue weighted by atomic mass is 10.2. The molecule has 1 heterocycles. The molecule has 7 heteroatoms. The molecule has 21 heavy (non-hydrogen) atoms. The second-order valence-electron chi connectivity index (χ2n) is 4.86. The number of aromatic nitrogens is 2. The minimum absolute atomic E-state index is 0.0815. The van der Waals surface area contributed by atoms with Crippen LogP contribution in [0.5, 0.6) is 0 Å². The molecule has 0 aliphatic heterocycles. The molecule has 0 bridgehead atoms. The Morgan fingerprint density at radius 1 is 1.52 bits per heavy atom. The Kier molecular flexibility index (Phi) is 3.41. The maximum Gasteiger partial charge on any atom is 0.362 e. The second kappa shape index (κ2) is 5.11. The summed E-state index contributed by atoms with van der Waals surface area (Å²) < 4.78 is 20.0. The average molecular weight is 311 g/mol. The number of carbonyl (C=O) groups is 1. The average Bonchev–Trinajstić information content (AvgIpc) is 3.26. The minimum Gasteiger partial charge on any atom is -0.461 e.